The fraction of sp³-hybridized carbons (Fsp3) is 0.0909. The fourth-order valence-electron chi connectivity index (χ4n) is 3.41. The molecule has 0 aliphatic heterocycles. The van der Waals surface area contributed by atoms with Gasteiger partial charge in [0, 0.05) is 17.4 Å². The Morgan fingerprint density at radius 1 is 1.00 bits per heavy atom. The second-order valence-corrected chi connectivity index (χ2v) is 7.73. The van der Waals surface area contributed by atoms with Crippen molar-refractivity contribution in [2.45, 2.75) is 13.5 Å². The molecule has 30 heavy (non-hydrogen) atoms. The summed E-state index contributed by atoms with van der Waals surface area (Å²) in [5.41, 5.74) is 5.90. The summed E-state index contributed by atoms with van der Waals surface area (Å²) in [6.07, 6.45) is 1.64. The van der Waals surface area contributed by atoms with E-state index in [1.807, 2.05) is 65.9 Å². The minimum absolute atomic E-state index is 0.574. The highest BCUT2D eigenvalue weighted by atomic mass is 35.5. The van der Waals surface area contributed by atoms with Gasteiger partial charge in [-0.25, -0.2) is 4.98 Å². The molecule has 0 radical (unpaired) electrons. The number of rotatable bonds is 4. The van der Waals surface area contributed by atoms with Crippen LogP contribution in [0, 0.1) is 6.92 Å². The Kier molecular flexibility index (Phi) is 4.73. The first-order valence-electron chi connectivity index (χ1n) is 9.35. The van der Waals surface area contributed by atoms with Gasteiger partial charge in [-0.15, -0.1) is 10.2 Å². The molecule has 0 aliphatic carbocycles. The van der Waals surface area contributed by atoms with Gasteiger partial charge in [-0.05, 0) is 49.4 Å². The second-order valence-electron chi connectivity index (χ2n) is 6.88. The van der Waals surface area contributed by atoms with Crippen molar-refractivity contribution in [2.24, 2.45) is 0 Å². The number of aromatic nitrogens is 5. The molecule has 6 nitrogen and oxygen atoms in total. The lowest BCUT2D eigenvalue weighted by Gasteiger charge is -2.11. The van der Waals surface area contributed by atoms with E-state index in [0.29, 0.717) is 28.1 Å². The van der Waals surface area contributed by atoms with Crippen LogP contribution in [0.25, 0.3) is 28.1 Å². The van der Waals surface area contributed by atoms with Gasteiger partial charge in [-0.1, -0.05) is 35.3 Å². The summed E-state index contributed by atoms with van der Waals surface area (Å²) in [5.74, 6) is 0.683. The van der Waals surface area contributed by atoms with Gasteiger partial charge in [0.15, 0.2) is 11.5 Å². The van der Waals surface area contributed by atoms with Crippen molar-refractivity contribution in [2.75, 3.05) is 5.32 Å². The molecule has 0 amide bonds. The molecule has 0 saturated heterocycles. The summed E-state index contributed by atoms with van der Waals surface area (Å²) in [4.78, 5) is 9.02. The largest absolute Gasteiger partial charge is 0.379 e. The maximum atomic E-state index is 6.44. The van der Waals surface area contributed by atoms with Gasteiger partial charge < -0.3 is 5.32 Å². The molecule has 3 aromatic heterocycles. The van der Waals surface area contributed by atoms with E-state index in [0.717, 1.165) is 33.7 Å². The number of benzene rings is 2. The summed E-state index contributed by atoms with van der Waals surface area (Å²) in [5, 5.41) is 13.4. The molecule has 0 unspecified atom stereocenters. The molecule has 8 heteroatoms. The molecule has 3 heterocycles. The van der Waals surface area contributed by atoms with Crippen molar-refractivity contribution in [1.82, 2.24) is 24.6 Å². The molecule has 5 rings (SSSR count). The van der Waals surface area contributed by atoms with Crippen LogP contribution >= 0.6 is 23.2 Å². The van der Waals surface area contributed by atoms with Gasteiger partial charge in [0.1, 0.15) is 0 Å². The number of fused-ring (bicyclic) bond motifs is 3. The summed E-state index contributed by atoms with van der Waals surface area (Å²) >= 11 is 12.4. The highest BCUT2D eigenvalue weighted by Gasteiger charge is 2.16. The van der Waals surface area contributed by atoms with Crippen LogP contribution in [-0.4, -0.2) is 24.6 Å². The average Bonchev–Trinajstić information content (AvgIpc) is 3.20. The van der Waals surface area contributed by atoms with Gasteiger partial charge in [-0.3, -0.25) is 9.38 Å². The van der Waals surface area contributed by atoms with E-state index in [1.165, 1.54) is 0 Å². The van der Waals surface area contributed by atoms with E-state index >= 15 is 0 Å². The zero-order valence-electron chi connectivity index (χ0n) is 16.0. The van der Waals surface area contributed by atoms with Gasteiger partial charge in [0.25, 0.3) is 0 Å². The third kappa shape index (κ3) is 3.34. The molecule has 0 spiro atoms. The molecule has 0 bridgehead atoms. The summed E-state index contributed by atoms with van der Waals surface area (Å²) in [6, 6.07) is 17.4. The van der Waals surface area contributed by atoms with Crippen molar-refractivity contribution in [1.29, 1.82) is 0 Å². The van der Waals surface area contributed by atoms with Crippen LogP contribution in [0.3, 0.4) is 0 Å². The zero-order valence-corrected chi connectivity index (χ0v) is 17.5. The fourth-order valence-corrected chi connectivity index (χ4v) is 3.74. The highest BCUT2D eigenvalue weighted by Crippen LogP contribution is 2.30. The van der Waals surface area contributed by atoms with Crippen LogP contribution < -0.4 is 5.32 Å². The summed E-state index contributed by atoms with van der Waals surface area (Å²) in [6.45, 7) is 2.50. The maximum absolute atomic E-state index is 6.44. The Morgan fingerprint density at radius 2 is 1.87 bits per heavy atom. The molecular weight excluding hydrogens is 419 g/mol. The van der Waals surface area contributed by atoms with Crippen LogP contribution in [0.5, 0.6) is 0 Å². The SMILES string of the molecule is Cc1nc2ccc(NCc3ccc(Cl)cn3)cc2n2c(-c3ccccc3Cl)nnc12. The lowest BCUT2D eigenvalue weighted by molar-refractivity contribution is 1.05. The number of pyridine rings is 1. The number of hydrogen-bond acceptors (Lipinski definition) is 5. The van der Waals surface area contributed by atoms with Crippen molar-refractivity contribution in [3.8, 4) is 11.4 Å². The minimum atomic E-state index is 0.574. The highest BCUT2D eigenvalue weighted by molar-refractivity contribution is 6.33. The van der Waals surface area contributed by atoms with Crippen molar-refractivity contribution >= 4 is 45.6 Å². The molecule has 0 aliphatic rings. The van der Waals surface area contributed by atoms with Crippen molar-refractivity contribution in [3.63, 3.8) is 0 Å². The monoisotopic (exact) mass is 434 g/mol. The maximum Gasteiger partial charge on any atom is 0.183 e. The van der Waals surface area contributed by atoms with Crippen LogP contribution in [0.4, 0.5) is 5.69 Å². The smallest absolute Gasteiger partial charge is 0.183 e. The second kappa shape index (κ2) is 7.55. The first-order chi connectivity index (χ1) is 14.6. The number of nitrogens with zero attached hydrogens (tertiary/aromatic N) is 5. The van der Waals surface area contributed by atoms with E-state index < -0.39 is 0 Å². The zero-order chi connectivity index (χ0) is 20.7. The lowest BCUT2D eigenvalue weighted by atomic mass is 10.2. The van der Waals surface area contributed by atoms with Crippen LogP contribution in [0.15, 0.2) is 60.8 Å². The molecule has 0 fully saturated rings. The third-order valence-corrected chi connectivity index (χ3v) is 5.42. The number of anilines is 1. The average molecular weight is 435 g/mol. The van der Waals surface area contributed by atoms with Crippen molar-refractivity contribution < 1.29 is 0 Å². The first-order valence-corrected chi connectivity index (χ1v) is 10.1. The van der Waals surface area contributed by atoms with Gasteiger partial charge in [0.05, 0.1) is 39.0 Å². The quantitative estimate of drug-likeness (QED) is 0.400. The number of aryl methyl sites for hydroxylation is 1. The van der Waals surface area contributed by atoms with Crippen LogP contribution in [0.2, 0.25) is 10.0 Å². The molecule has 148 valence electrons. The van der Waals surface area contributed by atoms with Gasteiger partial charge in [0.2, 0.25) is 0 Å². The Hall–Kier alpha value is -3.22. The molecule has 1 N–H and O–H groups in total. The first kappa shape index (κ1) is 18.8. The van der Waals surface area contributed by atoms with E-state index in [2.05, 4.69) is 20.5 Å². The van der Waals surface area contributed by atoms with E-state index in [9.17, 15) is 0 Å². The minimum Gasteiger partial charge on any atom is -0.379 e. The predicted octanol–water partition coefficient (Wildman–Crippen LogP) is 5.57. The van der Waals surface area contributed by atoms with E-state index in [4.69, 9.17) is 28.2 Å². The van der Waals surface area contributed by atoms with Gasteiger partial charge >= 0.3 is 0 Å². The summed E-state index contributed by atoms with van der Waals surface area (Å²) in [7, 11) is 0. The topological polar surface area (TPSA) is 68.0 Å². The number of halogens is 2. The van der Waals surface area contributed by atoms with E-state index in [1.54, 1.807) is 6.20 Å². The summed E-state index contributed by atoms with van der Waals surface area (Å²) < 4.78 is 2.00. The predicted molar refractivity (Wildman–Crippen MR) is 120 cm³/mol. The molecule has 2 aromatic carbocycles. The molecule has 0 saturated carbocycles. The van der Waals surface area contributed by atoms with Crippen LogP contribution in [0.1, 0.15) is 11.4 Å². The van der Waals surface area contributed by atoms with E-state index in [-0.39, 0.29) is 0 Å². The van der Waals surface area contributed by atoms with Gasteiger partial charge in [-0.2, -0.15) is 0 Å². The van der Waals surface area contributed by atoms with Crippen molar-refractivity contribution in [3.05, 3.63) is 82.2 Å². The van der Waals surface area contributed by atoms with Crippen LogP contribution in [-0.2, 0) is 6.54 Å². The Morgan fingerprint density at radius 3 is 2.67 bits per heavy atom. The number of nitrogens with one attached hydrogen (secondary N) is 1. The molecule has 5 aromatic rings. The standard InChI is InChI=1S/C22H16Cl2N6/c1-13-21-28-29-22(17-4-2-3-5-18(17)24)30(21)20-10-15(8-9-19(20)27-13)26-12-16-7-6-14(23)11-25-16/h2-11,26H,12H2,1H3. The Balaban J connectivity index is 1.62. The molecular formula is C22H16Cl2N6. The normalized spacial score (nSPS) is 11.3. The Bertz CT molecular complexity index is 1380. The molecule has 0 atom stereocenters. The Labute approximate surface area is 182 Å². The number of hydrogen-bond donors (Lipinski definition) is 1. The third-order valence-electron chi connectivity index (χ3n) is 4.87. The lowest BCUT2D eigenvalue weighted by Crippen LogP contribution is -2.03.